The van der Waals surface area contributed by atoms with Crippen molar-refractivity contribution in [2.45, 2.75) is 5.03 Å². The standard InChI is InChI=1S/C6H4ClNO4S/c7-13(11,12)5-3-1-2-4(8-5)6(9)10/h1-3H,(H,9,10). The molecule has 1 aromatic rings. The summed E-state index contributed by atoms with van der Waals surface area (Å²) in [6.07, 6.45) is 0. The predicted octanol–water partition coefficient (Wildman–Crippen LogP) is 0.707. The van der Waals surface area contributed by atoms with Gasteiger partial charge in [0.25, 0.3) is 9.05 Å². The van der Waals surface area contributed by atoms with Crippen LogP contribution in [0.25, 0.3) is 0 Å². The van der Waals surface area contributed by atoms with Crippen LogP contribution in [-0.2, 0) is 9.05 Å². The number of carbonyl (C=O) groups is 1. The van der Waals surface area contributed by atoms with Crippen molar-refractivity contribution in [1.29, 1.82) is 0 Å². The van der Waals surface area contributed by atoms with Gasteiger partial charge < -0.3 is 5.11 Å². The predicted molar refractivity (Wildman–Crippen MR) is 44.2 cm³/mol. The minimum absolute atomic E-state index is 0.360. The topological polar surface area (TPSA) is 84.3 Å². The van der Waals surface area contributed by atoms with E-state index in [9.17, 15) is 13.2 Å². The molecule has 0 bridgehead atoms. The van der Waals surface area contributed by atoms with Crippen molar-refractivity contribution in [3.05, 3.63) is 23.9 Å². The molecule has 0 atom stereocenters. The summed E-state index contributed by atoms with van der Waals surface area (Å²) < 4.78 is 21.4. The highest BCUT2D eigenvalue weighted by atomic mass is 35.7. The normalized spacial score (nSPS) is 11.2. The summed E-state index contributed by atoms with van der Waals surface area (Å²) in [5.41, 5.74) is -0.360. The first-order valence-corrected chi connectivity index (χ1v) is 5.37. The molecule has 0 aliphatic rings. The third-order valence-corrected chi connectivity index (χ3v) is 2.39. The van der Waals surface area contributed by atoms with Crippen LogP contribution in [0.2, 0.25) is 0 Å². The Morgan fingerprint density at radius 2 is 2.08 bits per heavy atom. The van der Waals surface area contributed by atoms with Crippen molar-refractivity contribution in [3.63, 3.8) is 0 Å². The van der Waals surface area contributed by atoms with Crippen LogP contribution in [-0.4, -0.2) is 24.5 Å². The summed E-state index contributed by atoms with van der Waals surface area (Å²) in [6, 6.07) is 3.55. The van der Waals surface area contributed by atoms with Crippen LogP contribution in [0.4, 0.5) is 0 Å². The number of aromatic carboxylic acids is 1. The van der Waals surface area contributed by atoms with Crippen molar-refractivity contribution < 1.29 is 18.3 Å². The van der Waals surface area contributed by atoms with E-state index in [1.165, 1.54) is 12.1 Å². The van der Waals surface area contributed by atoms with Gasteiger partial charge in [-0.2, -0.15) is 0 Å². The van der Waals surface area contributed by atoms with Crippen LogP contribution in [0.3, 0.4) is 0 Å². The van der Waals surface area contributed by atoms with Gasteiger partial charge in [0.2, 0.25) is 0 Å². The van der Waals surface area contributed by atoms with Crippen LogP contribution < -0.4 is 0 Å². The molecule has 0 aliphatic carbocycles. The van der Waals surface area contributed by atoms with Crippen LogP contribution in [0.15, 0.2) is 23.2 Å². The van der Waals surface area contributed by atoms with Gasteiger partial charge in [-0.15, -0.1) is 0 Å². The number of hydrogen-bond acceptors (Lipinski definition) is 4. The van der Waals surface area contributed by atoms with Gasteiger partial charge in [-0.05, 0) is 12.1 Å². The van der Waals surface area contributed by atoms with E-state index < -0.39 is 20.0 Å². The fourth-order valence-electron chi connectivity index (χ4n) is 0.670. The lowest BCUT2D eigenvalue weighted by atomic mass is 10.4. The number of aromatic nitrogens is 1. The van der Waals surface area contributed by atoms with E-state index in [4.69, 9.17) is 15.8 Å². The monoisotopic (exact) mass is 221 g/mol. The molecule has 13 heavy (non-hydrogen) atoms. The molecule has 1 aromatic heterocycles. The largest absolute Gasteiger partial charge is 0.477 e. The SMILES string of the molecule is O=C(O)c1cccc(S(=O)(=O)Cl)n1. The Balaban J connectivity index is 3.29. The molecule has 5 nitrogen and oxygen atoms in total. The Bertz CT molecular complexity index is 442. The van der Waals surface area contributed by atoms with Gasteiger partial charge in [0, 0.05) is 10.7 Å². The van der Waals surface area contributed by atoms with Gasteiger partial charge in [-0.3, -0.25) is 0 Å². The van der Waals surface area contributed by atoms with E-state index in [1.807, 2.05) is 0 Å². The molecule has 0 fully saturated rings. The second-order valence-corrected chi connectivity index (χ2v) is 4.62. The molecule has 0 aromatic carbocycles. The zero-order chi connectivity index (χ0) is 10.1. The van der Waals surface area contributed by atoms with Gasteiger partial charge in [0.05, 0.1) is 0 Å². The first-order chi connectivity index (χ1) is 5.91. The molecule has 0 saturated carbocycles. The lowest BCUT2D eigenvalue weighted by Gasteiger charge is -1.96. The summed E-state index contributed by atoms with van der Waals surface area (Å²) in [5, 5.41) is 8.01. The molecule has 0 amide bonds. The zero-order valence-corrected chi connectivity index (χ0v) is 7.71. The Morgan fingerprint density at radius 3 is 2.54 bits per heavy atom. The third-order valence-electron chi connectivity index (χ3n) is 1.19. The van der Waals surface area contributed by atoms with Gasteiger partial charge in [-0.25, -0.2) is 18.2 Å². The summed E-state index contributed by atoms with van der Waals surface area (Å²) >= 11 is 0. The Morgan fingerprint density at radius 1 is 1.46 bits per heavy atom. The second kappa shape index (κ2) is 3.31. The van der Waals surface area contributed by atoms with Crippen molar-refractivity contribution in [1.82, 2.24) is 4.98 Å². The quantitative estimate of drug-likeness (QED) is 0.744. The van der Waals surface area contributed by atoms with Crippen LogP contribution in [0.1, 0.15) is 10.5 Å². The lowest BCUT2D eigenvalue weighted by Crippen LogP contribution is -2.03. The van der Waals surface area contributed by atoms with Gasteiger partial charge in [0.15, 0.2) is 5.03 Å². The molecular weight excluding hydrogens is 218 g/mol. The zero-order valence-electron chi connectivity index (χ0n) is 6.14. The molecule has 0 aliphatic heterocycles. The molecule has 0 unspecified atom stereocenters. The molecule has 7 heteroatoms. The number of pyridine rings is 1. The maximum atomic E-state index is 10.7. The van der Waals surface area contributed by atoms with E-state index >= 15 is 0 Å². The lowest BCUT2D eigenvalue weighted by molar-refractivity contribution is 0.0689. The fraction of sp³-hybridized carbons (Fsp3) is 0. The van der Waals surface area contributed by atoms with Crippen LogP contribution >= 0.6 is 10.7 Å². The van der Waals surface area contributed by atoms with Crippen LogP contribution in [0, 0.1) is 0 Å². The van der Waals surface area contributed by atoms with E-state index in [2.05, 4.69) is 4.98 Å². The Labute approximate surface area is 78.4 Å². The summed E-state index contributed by atoms with van der Waals surface area (Å²) in [7, 11) is 0.991. The molecule has 0 spiro atoms. The van der Waals surface area contributed by atoms with E-state index in [-0.39, 0.29) is 5.69 Å². The van der Waals surface area contributed by atoms with Crippen molar-refractivity contribution in [2.24, 2.45) is 0 Å². The first-order valence-electron chi connectivity index (χ1n) is 3.06. The minimum Gasteiger partial charge on any atom is -0.477 e. The van der Waals surface area contributed by atoms with Crippen molar-refractivity contribution in [3.8, 4) is 0 Å². The molecule has 1 heterocycles. The number of hydrogen-bond donors (Lipinski definition) is 1. The molecular formula is C6H4ClNO4S. The highest BCUT2D eigenvalue weighted by molar-refractivity contribution is 8.13. The van der Waals surface area contributed by atoms with Gasteiger partial charge >= 0.3 is 5.97 Å². The molecule has 1 N–H and O–H groups in total. The highest BCUT2D eigenvalue weighted by Gasteiger charge is 2.14. The van der Waals surface area contributed by atoms with E-state index in [1.54, 1.807) is 0 Å². The van der Waals surface area contributed by atoms with Crippen LogP contribution in [0.5, 0.6) is 0 Å². The molecule has 0 saturated heterocycles. The number of carboxylic acids is 1. The average Bonchev–Trinajstić information content (AvgIpc) is 2.03. The van der Waals surface area contributed by atoms with E-state index in [0.717, 1.165) is 6.07 Å². The van der Waals surface area contributed by atoms with Gasteiger partial charge in [-0.1, -0.05) is 6.07 Å². The Hall–Kier alpha value is -1.14. The summed E-state index contributed by atoms with van der Waals surface area (Å²) in [5.74, 6) is -1.30. The summed E-state index contributed by atoms with van der Waals surface area (Å²) in [6.45, 7) is 0. The number of rotatable bonds is 2. The second-order valence-electron chi connectivity index (χ2n) is 2.10. The molecule has 70 valence electrons. The number of nitrogens with zero attached hydrogens (tertiary/aromatic N) is 1. The number of halogens is 1. The summed E-state index contributed by atoms with van der Waals surface area (Å²) in [4.78, 5) is 13.7. The van der Waals surface area contributed by atoms with Gasteiger partial charge in [0.1, 0.15) is 5.69 Å². The highest BCUT2D eigenvalue weighted by Crippen LogP contribution is 2.11. The van der Waals surface area contributed by atoms with Crippen molar-refractivity contribution in [2.75, 3.05) is 0 Å². The maximum absolute atomic E-state index is 10.7. The Kier molecular flexibility index (Phi) is 2.53. The third kappa shape index (κ3) is 2.40. The maximum Gasteiger partial charge on any atom is 0.354 e. The van der Waals surface area contributed by atoms with Crippen molar-refractivity contribution >= 4 is 25.7 Å². The number of carboxylic acid groups (broad SMARTS) is 1. The average molecular weight is 222 g/mol. The smallest absolute Gasteiger partial charge is 0.354 e. The fourth-order valence-corrected chi connectivity index (χ4v) is 1.38. The van der Waals surface area contributed by atoms with E-state index in [0.29, 0.717) is 0 Å². The first kappa shape index (κ1) is 9.94. The minimum atomic E-state index is -3.96. The molecule has 1 rings (SSSR count). The molecule has 0 radical (unpaired) electrons.